The molecule has 0 saturated heterocycles. The van der Waals surface area contributed by atoms with Crippen LogP contribution in [0.1, 0.15) is 27.9 Å². The number of ketones is 1. The average molecular weight is 470 g/mol. The van der Waals surface area contributed by atoms with Crippen LogP contribution in [0.4, 0.5) is 5.69 Å². The molecule has 3 aromatic rings. The number of rotatable bonds is 5. The third-order valence-electron chi connectivity index (χ3n) is 5.73. The molecule has 32 heavy (non-hydrogen) atoms. The molecule has 8 heteroatoms. The largest absolute Gasteiger partial charge is 0.454 e. The molecule has 5 rings (SSSR count). The van der Waals surface area contributed by atoms with Crippen molar-refractivity contribution in [2.75, 3.05) is 11.7 Å². The van der Waals surface area contributed by atoms with E-state index in [1.165, 1.54) is 4.90 Å². The Morgan fingerprint density at radius 1 is 1.00 bits per heavy atom. The number of anilines is 1. The van der Waals surface area contributed by atoms with E-state index in [4.69, 9.17) is 32.7 Å². The number of para-hydroxylation sites is 1. The Kier molecular flexibility index (Phi) is 5.08. The molecule has 1 N–H and O–H groups in total. The maximum absolute atomic E-state index is 13.5. The van der Waals surface area contributed by atoms with Crippen LogP contribution in [0.5, 0.6) is 11.5 Å². The normalized spacial score (nSPS) is 18.7. The zero-order valence-corrected chi connectivity index (χ0v) is 18.2. The summed E-state index contributed by atoms with van der Waals surface area (Å²) in [4.78, 5) is 27.9. The van der Waals surface area contributed by atoms with Crippen LogP contribution in [-0.2, 0) is 16.9 Å². The second-order valence-electron chi connectivity index (χ2n) is 7.64. The summed E-state index contributed by atoms with van der Waals surface area (Å²) in [6, 6.07) is 16.7. The van der Waals surface area contributed by atoms with Crippen molar-refractivity contribution in [1.29, 1.82) is 0 Å². The number of benzene rings is 3. The lowest BCUT2D eigenvalue weighted by atomic mass is 9.88. The van der Waals surface area contributed by atoms with E-state index in [9.17, 15) is 14.7 Å². The molecule has 2 aliphatic heterocycles. The van der Waals surface area contributed by atoms with Gasteiger partial charge in [-0.25, -0.2) is 0 Å². The summed E-state index contributed by atoms with van der Waals surface area (Å²) in [5, 5.41) is 12.3. The Morgan fingerprint density at radius 2 is 1.72 bits per heavy atom. The number of hydrogen-bond acceptors (Lipinski definition) is 5. The van der Waals surface area contributed by atoms with E-state index in [2.05, 4.69) is 0 Å². The number of aliphatic hydroxyl groups is 1. The number of hydrogen-bond donors (Lipinski definition) is 1. The molecule has 3 aromatic carbocycles. The number of halogens is 2. The first-order valence-corrected chi connectivity index (χ1v) is 10.6. The summed E-state index contributed by atoms with van der Waals surface area (Å²) < 4.78 is 10.6. The quantitative estimate of drug-likeness (QED) is 0.546. The molecule has 0 radical (unpaired) electrons. The van der Waals surface area contributed by atoms with Gasteiger partial charge in [0.15, 0.2) is 22.9 Å². The molecule has 0 bridgehead atoms. The molecular formula is C24H17Cl2NO5. The highest BCUT2D eigenvalue weighted by Gasteiger charge is 2.51. The van der Waals surface area contributed by atoms with Gasteiger partial charge in [-0.3, -0.25) is 9.59 Å². The summed E-state index contributed by atoms with van der Waals surface area (Å²) in [7, 11) is 0. The molecule has 0 aromatic heterocycles. The summed E-state index contributed by atoms with van der Waals surface area (Å²) in [6.45, 7) is 0.150. The maximum atomic E-state index is 13.5. The van der Waals surface area contributed by atoms with Gasteiger partial charge >= 0.3 is 0 Å². The monoisotopic (exact) mass is 469 g/mol. The number of Topliss-reactive ketones (excluding diaryl/α,β-unsaturated/α-hetero) is 1. The molecule has 1 atom stereocenters. The van der Waals surface area contributed by atoms with Crippen molar-refractivity contribution in [1.82, 2.24) is 0 Å². The van der Waals surface area contributed by atoms with Crippen molar-refractivity contribution < 1.29 is 24.2 Å². The predicted octanol–water partition coefficient (Wildman–Crippen LogP) is 4.73. The Hall–Kier alpha value is -3.06. The molecule has 162 valence electrons. The lowest BCUT2D eigenvalue weighted by Crippen LogP contribution is -2.41. The molecule has 1 amide bonds. The van der Waals surface area contributed by atoms with E-state index in [1.807, 2.05) is 0 Å². The number of nitrogens with zero attached hydrogens (tertiary/aromatic N) is 1. The number of carbonyl (C=O) groups excluding carboxylic acids is 2. The van der Waals surface area contributed by atoms with Gasteiger partial charge in [-0.1, -0.05) is 47.5 Å². The Labute approximate surface area is 193 Å². The fourth-order valence-corrected chi connectivity index (χ4v) is 4.60. The van der Waals surface area contributed by atoms with Crippen molar-refractivity contribution in [3.63, 3.8) is 0 Å². The Bertz CT molecular complexity index is 1240. The Balaban J connectivity index is 1.48. The number of carbonyl (C=O) groups is 2. The van der Waals surface area contributed by atoms with Crippen molar-refractivity contribution >= 4 is 40.6 Å². The zero-order valence-electron chi connectivity index (χ0n) is 16.7. The van der Waals surface area contributed by atoms with Gasteiger partial charge in [-0.05, 0) is 36.4 Å². The van der Waals surface area contributed by atoms with Crippen LogP contribution < -0.4 is 14.4 Å². The van der Waals surface area contributed by atoms with Crippen LogP contribution in [0.3, 0.4) is 0 Å². The minimum atomic E-state index is -2.02. The highest BCUT2D eigenvalue weighted by molar-refractivity contribution is 6.36. The van der Waals surface area contributed by atoms with Crippen LogP contribution in [-0.4, -0.2) is 23.6 Å². The average Bonchev–Trinajstić information content (AvgIpc) is 3.33. The summed E-state index contributed by atoms with van der Waals surface area (Å²) >= 11 is 12.6. The molecule has 0 aliphatic carbocycles. The molecule has 6 nitrogen and oxygen atoms in total. The van der Waals surface area contributed by atoms with Gasteiger partial charge in [0.2, 0.25) is 6.79 Å². The van der Waals surface area contributed by atoms with Crippen molar-refractivity contribution in [3.8, 4) is 11.5 Å². The number of fused-ring (bicyclic) bond motifs is 2. The van der Waals surface area contributed by atoms with Gasteiger partial charge in [0.05, 0.1) is 18.7 Å². The van der Waals surface area contributed by atoms with Crippen LogP contribution in [0.2, 0.25) is 10.0 Å². The van der Waals surface area contributed by atoms with Gasteiger partial charge in [-0.15, -0.1) is 0 Å². The lowest BCUT2D eigenvalue weighted by molar-refractivity contribution is -0.136. The third-order valence-corrected chi connectivity index (χ3v) is 6.44. The highest BCUT2D eigenvalue weighted by atomic mass is 35.5. The first-order chi connectivity index (χ1) is 15.4. The minimum absolute atomic E-state index is 0.0644. The summed E-state index contributed by atoms with van der Waals surface area (Å²) in [5.74, 6) is -0.00308. The molecular weight excluding hydrogens is 453 g/mol. The smallest absolute Gasteiger partial charge is 0.264 e. The fraction of sp³-hybridized carbons (Fsp3) is 0.167. The Morgan fingerprint density at radius 3 is 2.50 bits per heavy atom. The minimum Gasteiger partial charge on any atom is -0.454 e. The van der Waals surface area contributed by atoms with Crippen LogP contribution in [0.15, 0.2) is 60.7 Å². The molecule has 1 unspecified atom stereocenters. The van der Waals surface area contributed by atoms with E-state index in [1.54, 1.807) is 60.7 Å². The molecule has 2 heterocycles. The van der Waals surface area contributed by atoms with E-state index in [-0.39, 0.29) is 13.3 Å². The van der Waals surface area contributed by atoms with Gasteiger partial charge in [0, 0.05) is 26.7 Å². The lowest BCUT2D eigenvalue weighted by Gasteiger charge is -2.23. The van der Waals surface area contributed by atoms with Crippen molar-refractivity contribution in [2.24, 2.45) is 0 Å². The fourth-order valence-electron chi connectivity index (χ4n) is 4.08. The first kappa shape index (κ1) is 20.8. The number of ether oxygens (including phenoxy) is 2. The van der Waals surface area contributed by atoms with E-state index in [0.717, 1.165) is 0 Å². The number of amides is 1. The van der Waals surface area contributed by atoms with Crippen LogP contribution in [0.25, 0.3) is 0 Å². The van der Waals surface area contributed by atoms with E-state index < -0.39 is 23.7 Å². The standard InChI is InChI=1S/C24H17Cl2NO5/c25-17-5-3-6-18(26)15(17)12-27-19-7-2-1-4-16(19)24(30,23(27)29)11-20(28)14-8-9-21-22(10-14)32-13-31-21/h1-10,30H,11-13H2. The van der Waals surface area contributed by atoms with Gasteiger partial charge in [0.25, 0.3) is 5.91 Å². The highest BCUT2D eigenvalue weighted by Crippen LogP contribution is 2.44. The summed E-state index contributed by atoms with van der Waals surface area (Å²) in [6.07, 6.45) is -0.421. The van der Waals surface area contributed by atoms with E-state index >= 15 is 0 Å². The first-order valence-electron chi connectivity index (χ1n) is 9.88. The second-order valence-corrected chi connectivity index (χ2v) is 8.45. The topological polar surface area (TPSA) is 76.1 Å². The second kappa shape index (κ2) is 7.81. The zero-order chi connectivity index (χ0) is 22.5. The van der Waals surface area contributed by atoms with Crippen LogP contribution >= 0.6 is 23.2 Å². The SMILES string of the molecule is O=C(CC1(O)C(=O)N(Cc2c(Cl)cccc2Cl)c2ccccc21)c1ccc2c(c1)OCO2. The van der Waals surface area contributed by atoms with E-state index in [0.29, 0.717) is 43.9 Å². The predicted molar refractivity (Wildman–Crippen MR) is 120 cm³/mol. The van der Waals surface area contributed by atoms with Gasteiger partial charge in [-0.2, -0.15) is 0 Å². The van der Waals surface area contributed by atoms with Crippen molar-refractivity contribution in [2.45, 2.75) is 18.6 Å². The van der Waals surface area contributed by atoms with Gasteiger partial charge in [0.1, 0.15) is 0 Å². The molecule has 2 aliphatic rings. The molecule has 0 saturated carbocycles. The third kappa shape index (κ3) is 3.32. The molecule has 0 fully saturated rings. The van der Waals surface area contributed by atoms with Crippen molar-refractivity contribution in [3.05, 3.63) is 87.4 Å². The van der Waals surface area contributed by atoms with Crippen LogP contribution in [0, 0.1) is 0 Å². The maximum Gasteiger partial charge on any atom is 0.264 e. The summed E-state index contributed by atoms with van der Waals surface area (Å²) in [5.41, 5.74) is -0.264. The molecule has 0 spiro atoms. The van der Waals surface area contributed by atoms with Gasteiger partial charge < -0.3 is 19.5 Å².